The summed E-state index contributed by atoms with van der Waals surface area (Å²) in [7, 11) is 0. The minimum atomic E-state index is -0.287. The summed E-state index contributed by atoms with van der Waals surface area (Å²) in [6.07, 6.45) is 2.86. The standard InChI is InChI=1S/C55H54N3O.Pt/c1-35(2)27-37-23-24-49(45(30-37)39-19-14-11-15-20-39)58-50-22-16-21-44(51(50)57-53(58)46-28-36(3)29-47(52(46)59)55(7,8)9)41-31-42(33-43(32-41)54(4,5)6)48-34-40(25-26-56-48)38-17-12-10-13-18-38;/h10-26,28-30,32-35,59H,27H2,1-9H3;/q-1;. The van der Waals surface area contributed by atoms with Crippen LogP contribution in [0, 0.1) is 18.9 Å². The quantitative estimate of drug-likeness (QED) is 0.154. The van der Waals surface area contributed by atoms with Gasteiger partial charge in [-0.25, -0.2) is 4.98 Å². The molecular weight excluding hydrogens is 914 g/mol. The maximum atomic E-state index is 12.2. The van der Waals surface area contributed by atoms with Crippen molar-refractivity contribution < 1.29 is 26.2 Å². The van der Waals surface area contributed by atoms with Gasteiger partial charge in [0, 0.05) is 44.1 Å². The van der Waals surface area contributed by atoms with E-state index in [9.17, 15) is 5.11 Å². The summed E-state index contributed by atoms with van der Waals surface area (Å²) in [6, 6.07) is 51.0. The van der Waals surface area contributed by atoms with Crippen LogP contribution in [0.3, 0.4) is 0 Å². The molecule has 60 heavy (non-hydrogen) atoms. The first kappa shape index (κ1) is 42.5. The normalized spacial score (nSPS) is 11.9. The molecular formula is C55H54N3OPt-. The monoisotopic (exact) mass is 967 g/mol. The van der Waals surface area contributed by atoms with E-state index in [-0.39, 0.29) is 37.6 Å². The molecule has 0 aliphatic carbocycles. The van der Waals surface area contributed by atoms with Crippen LogP contribution >= 0.6 is 0 Å². The van der Waals surface area contributed by atoms with Gasteiger partial charge in [-0.3, -0.25) is 9.55 Å². The number of nitrogens with zero attached hydrogens (tertiary/aromatic N) is 3. The van der Waals surface area contributed by atoms with Crippen molar-refractivity contribution in [2.45, 2.75) is 79.6 Å². The van der Waals surface area contributed by atoms with Crippen LogP contribution in [0.5, 0.6) is 5.75 Å². The van der Waals surface area contributed by atoms with Gasteiger partial charge >= 0.3 is 0 Å². The summed E-state index contributed by atoms with van der Waals surface area (Å²) in [6.45, 7) is 19.8. The fourth-order valence-electron chi connectivity index (χ4n) is 8.16. The van der Waals surface area contributed by atoms with E-state index in [1.807, 2.05) is 12.3 Å². The van der Waals surface area contributed by atoms with E-state index >= 15 is 0 Å². The van der Waals surface area contributed by atoms with Gasteiger partial charge in [0.15, 0.2) is 0 Å². The number of pyridine rings is 1. The Kier molecular flexibility index (Phi) is 11.9. The molecule has 6 aromatic carbocycles. The average Bonchev–Trinajstić information content (AvgIpc) is 3.60. The Bertz CT molecular complexity index is 2810. The van der Waals surface area contributed by atoms with Crippen molar-refractivity contribution in [1.29, 1.82) is 0 Å². The Balaban J connectivity index is 0.00000544. The number of hydrogen-bond acceptors (Lipinski definition) is 3. The molecule has 0 unspecified atom stereocenters. The molecule has 8 aromatic rings. The molecule has 0 radical (unpaired) electrons. The molecule has 0 bridgehead atoms. The first-order valence-electron chi connectivity index (χ1n) is 20.8. The number of para-hydroxylation sites is 1. The molecule has 0 aliphatic heterocycles. The van der Waals surface area contributed by atoms with Gasteiger partial charge in [-0.2, -0.15) is 0 Å². The fraction of sp³-hybridized carbons (Fsp3) is 0.236. The van der Waals surface area contributed by atoms with Crippen LogP contribution in [-0.2, 0) is 38.3 Å². The van der Waals surface area contributed by atoms with Gasteiger partial charge in [-0.15, -0.1) is 29.3 Å². The van der Waals surface area contributed by atoms with Crippen molar-refractivity contribution in [3.63, 3.8) is 0 Å². The van der Waals surface area contributed by atoms with Crippen molar-refractivity contribution in [2.24, 2.45) is 5.92 Å². The largest absolute Gasteiger partial charge is 0.507 e. The van der Waals surface area contributed by atoms with Gasteiger partial charge in [-0.05, 0) is 88.2 Å². The Hall–Kier alpha value is -5.57. The first-order valence-corrected chi connectivity index (χ1v) is 20.8. The van der Waals surface area contributed by atoms with Crippen LogP contribution in [0.1, 0.15) is 77.6 Å². The van der Waals surface area contributed by atoms with E-state index in [2.05, 4.69) is 200 Å². The number of benzene rings is 6. The molecule has 0 saturated carbocycles. The zero-order valence-corrected chi connectivity index (χ0v) is 38.4. The van der Waals surface area contributed by atoms with Gasteiger partial charge < -0.3 is 5.11 Å². The molecule has 0 spiro atoms. The van der Waals surface area contributed by atoms with Crippen molar-refractivity contribution >= 4 is 11.0 Å². The summed E-state index contributed by atoms with van der Waals surface area (Å²) in [4.78, 5) is 10.5. The number of phenols is 1. The van der Waals surface area contributed by atoms with E-state index in [1.165, 1.54) is 11.1 Å². The van der Waals surface area contributed by atoms with Crippen LogP contribution in [0.2, 0.25) is 0 Å². The van der Waals surface area contributed by atoms with Crippen LogP contribution < -0.4 is 0 Å². The van der Waals surface area contributed by atoms with Crippen molar-refractivity contribution in [1.82, 2.24) is 14.5 Å². The number of aromatic hydroxyl groups is 1. The Morgan fingerprint density at radius 2 is 1.33 bits per heavy atom. The van der Waals surface area contributed by atoms with Crippen LogP contribution in [-0.4, -0.2) is 19.6 Å². The molecule has 0 saturated heterocycles. The van der Waals surface area contributed by atoms with Crippen LogP contribution in [0.15, 0.2) is 140 Å². The number of rotatable bonds is 8. The number of aryl methyl sites for hydroxylation is 1. The zero-order valence-electron chi connectivity index (χ0n) is 36.2. The van der Waals surface area contributed by atoms with Gasteiger partial charge in [-0.1, -0.05) is 158 Å². The van der Waals surface area contributed by atoms with Gasteiger partial charge in [0.1, 0.15) is 11.6 Å². The van der Waals surface area contributed by atoms with Crippen molar-refractivity contribution in [3.8, 4) is 67.5 Å². The van der Waals surface area contributed by atoms with Crippen LogP contribution in [0.4, 0.5) is 0 Å². The van der Waals surface area contributed by atoms with Crippen molar-refractivity contribution in [3.05, 3.63) is 168 Å². The molecule has 4 nitrogen and oxygen atoms in total. The number of imidazole rings is 1. The Morgan fingerprint density at radius 1 is 0.650 bits per heavy atom. The maximum Gasteiger partial charge on any atom is 0.148 e. The second kappa shape index (κ2) is 16.8. The predicted octanol–water partition coefficient (Wildman–Crippen LogP) is 14.4. The number of phenolic OH excluding ortho intramolecular Hbond substituents is 1. The fourth-order valence-corrected chi connectivity index (χ4v) is 8.16. The molecule has 306 valence electrons. The van der Waals surface area contributed by atoms with E-state index in [0.29, 0.717) is 17.3 Å². The molecule has 0 aliphatic rings. The molecule has 8 rings (SSSR count). The molecule has 1 N–H and O–H groups in total. The number of aromatic nitrogens is 3. The molecule has 0 fully saturated rings. The molecule has 0 atom stereocenters. The second-order valence-electron chi connectivity index (χ2n) is 18.5. The summed E-state index contributed by atoms with van der Waals surface area (Å²) in [5, 5.41) is 12.2. The summed E-state index contributed by atoms with van der Waals surface area (Å²) < 4.78 is 2.26. The van der Waals surface area contributed by atoms with Crippen molar-refractivity contribution in [2.75, 3.05) is 0 Å². The predicted molar refractivity (Wildman–Crippen MR) is 247 cm³/mol. The van der Waals surface area contributed by atoms with Gasteiger partial charge in [0.25, 0.3) is 0 Å². The van der Waals surface area contributed by atoms with E-state index < -0.39 is 0 Å². The SMILES string of the molecule is Cc1cc(-c2nc3c(-c4[c-]c(-c5cc(-c6ccccc6)ccn5)cc(C(C)(C)C)c4)cccc3n2-c2ccc(CC(C)C)cc2-c2ccccc2)c(O)c(C(C)(C)C)c1.[Pt]. The summed E-state index contributed by atoms with van der Waals surface area (Å²) in [5.74, 6) is 1.46. The zero-order chi connectivity index (χ0) is 41.6. The van der Waals surface area contributed by atoms with E-state index in [4.69, 9.17) is 9.97 Å². The third-order valence-corrected chi connectivity index (χ3v) is 11.2. The first-order chi connectivity index (χ1) is 28.2. The number of fused-ring (bicyclic) bond motifs is 1. The minimum absolute atomic E-state index is 0. The second-order valence-corrected chi connectivity index (χ2v) is 18.5. The van der Waals surface area contributed by atoms with Gasteiger partial charge in [0.05, 0.1) is 22.3 Å². The molecule has 2 aromatic heterocycles. The smallest absolute Gasteiger partial charge is 0.148 e. The summed E-state index contributed by atoms with van der Waals surface area (Å²) >= 11 is 0. The van der Waals surface area contributed by atoms with Crippen LogP contribution in [0.25, 0.3) is 72.7 Å². The summed E-state index contributed by atoms with van der Waals surface area (Å²) in [5.41, 5.74) is 15.7. The Morgan fingerprint density at radius 3 is 2.00 bits per heavy atom. The maximum absolute atomic E-state index is 12.2. The average molecular weight is 968 g/mol. The van der Waals surface area contributed by atoms with E-state index in [1.54, 1.807) is 0 Å². The third-order valence-electron chi connectivity index (χ3n) is 11.2. The molecule has 5 heteroatoms. The van der Waals surface area contributed by atoms with E-state index in [0.717, 1.165) is 78.9 Å². The topological polar surface area (TPSA) is 50.9 Å². The minimum Gasteiger partial charge on any atom is -0.507 e. The third kappa shape index (κ3) is 8.54. The molecule has 2 heterocycles. The Labute approximate surface area is 370 Å². The number of hydrogen-bond donors (Lipinski definition) is 1. The van der Waals surface area contributed by atoms with Gasteiger partial charge in [0.2, 0.25) is 0 Å². The molecule has 0 amide bonds.